The molecule has 1 aromatic heterocycles. The lowest BCUT2D eigenvalue weighted by atomic mass is 10.2. The predicted molar refractivity (Wildman–Crippen MR) is 149 cm³/mol. The van der Waals surface area contributed by atoms with Crippen molar-refractivity contribution in [1.29, 1.82) is 0 Å². The summed E-state index contributed by atoms with van der Waals surface area (Å²) in [6.45, 7) is 6.66. The van der Waals surface area contributed by atoms with Gasteiger partial charge >= 0.3 is 6.03 Å². The number of likely N-dealkylation sites (N-methyl/N-ethyl adjacent to an activating group) is 1. The first-order valence-electron chi connectivity index (χ1n) is 12.8. The molecule has 5 rings (SSSR count). The summed E-state index contributed by atoms with van der Waals surface area (Å²) in [7, 11) is 2.16. The van der Waals surface area contributed by atoms with Crippen LogP contribution in [-0.2, 0) is 0 Å². The van der Waals surface area contributed by atoms with Crippen molar-refractivity contribution in [3.05, 3.63) is 66.4 Å². The van der Waals surface area contributed by atoms with E-state index < -0.39 is 5.91 Å². The number of nitrogens with zero attached hydrogens (tertiary/aromatic N) is 6. The summed E-state index contributed by atoms with van der Waals surface area (Å²) >= 11 is 0. The first kappa shape index (κ1) is 25.3. The fourth-order valence-electron chi connectivity index (χ4n) is 4.59. The maximum absolute atomic E-state index is 12.7. The highest BCUT2D eigenvalue weighted by atomic mass is 16.2. The highest BCUT2D eigenvalue weighted by molar-refractivity contribution is 5.94. The molecule has 0 spiro atoms. The summed E-state index contributed by atoms with van der Waals surface area (Å²) in [6, 6.07) is 16.6. The molecule has 4 N–H and O–H groups in total. The second-order valence-electron chi connectivity index (χ2n) is 9.55. The second kappa shape index (κ2) is 11.3. The molecule has 0 aliphatic carbocycles. The molecule has 3 amide bonds. The first-order valence-corrected chi connectivity index (χ1v) is 12.8. The number of urea groups is 1. The van der Waals surface area contributed by atoms with Gasteiger partial charge < -0.3 is 36.0 Å². The van der Waals surface area contributed by atoms with Crippen molar-refractivity contribution in [2.45, 2.75) is 0 Å². The molecule has 2 aliphatic rings. The van der Waals surface area contributed by atoms with E-state index in [1.54, 1.807) is 35.4 Å². The zero-order valence-electron chi connectivity index (χ0n) is 21.5. The normalized spacial score (nSPS) is 16.3. The van der Waals surface area contributed by atoms with Crippen molar-refractivity contribution in [2.75, 3.05) is 79.8 Å². The highest BCUT2D eigenvalue weighted by Crippen LogP contribution is 2.22. The minimum absolute atomic E-state index is 0.179. The molecule has 0 saturated carbocycles. The van der Waals surface area contributed by atoms with Crippen molar-refractivity contribution in [3.8, 4) is 0 Å². The van der Waals surface area contributed by atoms with Gasteiger partial charge in [-0.25, -0.2) is 9.78 Å². The molecule has 0 atom stereocenters. The van der Waals surface area contributed by atoms with Gasteiger partial charge in [0.15, 0.2) is 0 Å². The number of benzene rings is 2. The third-order valence-electron chi connectivity index (χ3n) is 6.94. The standard InChI is InChI=1S/C27H33N9O2/c1-33-12-14-34(15-13-33)23-8-6-21(7-9-23)30-26-29-11-10-24(32-26)35-16-18-36(19-17-35)27(38)31-22-4-2-20(3-5-22)25(28)37/h2-11H,12-19H2,1H3,(H2,28,37)(H,31,38)(H,29,30,32). The Balaban J connectivity index is 1.13. The smallest absolute Gasteiger partial charge is 0.321 e. The van der Waals surface area contributed by atoms with Crippen molar-refractivity contribution < 1.29 is 9.59 Å². The number of nitrogens with two attached hydrogens (primary N) is 1. The average Bonchev–Trinajstić information content (AvgIpc) is 2.94. The molecule has 198 valence electrons. The minimum atomic E-state index is -0.499. The number of primary amides is 1. The van der Waals surface area contributed by atoms with Crippen LogP contribution in [0.1, 0.15) is 10.4 Å². The van der Waals surface area contributed by atoms with Crippen LogP contribution in [0.15, 0.2) is 60.8 Å². The van der Waals surface area contributed by atoms with Gasteiger partial charge in [0, 0.05) is 81.2 Å². The Labute approximate surface area is 222 Å². The van der Waals surface area contributed by atoms with E-state index in [0.717, 1.165) is 37.7 Å². The van der Waals surface area contributed by atoms with Gasteiger partial charge in [-0.2, -0.15) is 4.98 Å². The lowest BCUT2D eigenvalue weighted by Crippen LogP contribution is -2.50. The lowest BCUT2D eigenvalue weighted by molar-refractivity contribution is 0.100. The molecule has 38 heavy (non-hydrogen) atoms. The number of carbonyl (C=O) groups excluding carboxylic acids is 2. The molecular formula is C27H33N9O2. The number of rotatable bonds is 6. The van der Waals surface area contributed by atoms with E-state index in [2.05, 4.69) is 61.6 Å². The SMILES string of the molecule is CN1CCN(c2ccc(Nc3nccc(N4CCN(C(=O)Nc5ccc(C(N)=O)cc5)CC4)n3)cc2)CC1. The zero-order chi connectivity index (χ0) is 26.5. The number of hydrogen-bond donors (Lipinski definition) is 3. The monoisotopic (exact) mass is 515 g/mol. The van der Waals surface area contributed by atoms with Gasteiger partial charge in [-0.05, 0) is 61.6 Å². The summed E-state index contributed by atoms with van der Waals surface area (Å²) in [6.07, 6.45) is 1.75. The van der Waals surface area contributed by atoms with Crippen LogP contribution in [0.4, 0.5) is 33.6 Å². The molecule has 3 aromatic rings. The topological polar surface area (TPSA) is 123 Å². The van der Waals surface area contributed by atoms with Crippen molar-refractivity contribution in [1.82, 2.24) is 19.8 Å². The van der Waals surface area contributed by atoms with Crippen LogP contribution in [0.2, 0.25) is 0 Å². The van der Waals surface area contributed by atoms with Gasteiger partial charge in [0.1, 0.15) is 5.82 Å². The van der Waals surface area contributed by atoms with Gasteiger partial charge in [0.25, 0.3) is 0 Å². The van der Waals surface area contributed by atoms with E-state index in [9.17, 15) is 9.59 Å². The number of carbonyl (C=O) groups is 2. The highest BCUT2D eigenvalue weighted by Gasteiger charge is 2.22. The Morgan fingerprint density at radius 2 is 1.42 bits per heavy atom. The summed E-state index contributed by atoms with van der Waals surface area (Å²) in [5, 5.41) is 6.18. The van der Waals surface area contributed by atoms with Gasteiger partial charge in [-0.1, -0.05) is 0 Å². The van der Waals surface area contributed by atoms with E-state index in [1.807, 2.05) is 6.07 Å². The number of aromatic nitrogens is 2. The Hall–Kier alpha value is -4.38. The van der Waals surface area contributed by atoms with Crippen LogP contribution < -0.4 is 26.2 Å². The lowest BCUT2D eigenvalue weighted by Gasteiger charge is -2.35. The maximum Gasteiger partial charge on any atom is 0.321 e. The second-order valence-corrected chi connectivity index (χ2v) is 9.55. The van der Waals surface area contributed by atoms with Crippen LogP contribution in [0.3, 0.4) is 0 Å². The summed E-state index contributed by atoms with van der Waals surface area (Å²) in [5.41, 5.74) is 8.45. The molecular weight excluding hydrogens is 482 g/mol. The Kier molecular flexibility index (Phi) is 7.55. The van der Waals surface area contributed by atoms with Gasteiger partial charge in [0.2, 0.25) is 11.9 Å². The van der Waals surface area contributed by atoms with Gasteiger partial charge in [0.05, 0.1) is 0 Å². The molecule has 0 unspecified atom stereocenters. The summed E-state index contributed by atoms with van der Waals surface area (Å²) in [4.78, 5) is 41.7. The number of nitrogens with one attached hydrogen (secondary N) is 2. The first-order chi connectivity index (χ1) is 18.4. The molecule has 0 bridgehead atoms. The predicted octanol–water partition coefficient (Wildman–Crippen LogP) is 2.42. The molecule has 11 nitrogen and oxygen atoms in total. The van der Waals surface area contributed by atoms with Crippen LogP contribution in [0, 0.1) is 0 Å². The zero-order valence-corrected chi connectivity index (χ0v) is 21.5. The molecule has 3 heterocycles. The van der Waals surface area contributed by atoms with E-state index in [1.165, 1.54) is 5.69 Å². The van der Waals surface area contributed by atoms with E-state index in [4.69, 9.17) is 10.7 Å². The molecule has 2 fully saturated rings. The van der Waals surface area contributed by atoms with Crippen LogP contribution in [0.25, 0.3) is 0 Å². The molecule has 2 aliphatic heterocycles. The third-order valence-corrected chi connectivity index (χ3v) is 6.94. The van der Waals surface area contributed by atoms with E-state index in [-0.39, 0.29) is 6.03 Å². The Morgan fingerprint density at radius 3 is 2.08 bits per heavy atom. The van der Waals surface area contributed by atoms with Gasteiger partial charge in [-0.3, -0.25) is 4.79 Å². The third kappa shape index (κ3) is 6.12. The Bertz CT molecular complexity index is 1250. The van der Waals surface area contributed by atoms with E-state index >= 15 is 0 Å². The molecule has 2 saturated heterocycles. The average molecular weight is 516 g/mol. The number of anilines is 5. The van der Waals surface area contributed by atoms with Crippen LogP contribution in [0.5, 0.6) is 0 Å². The van der Waals surface area contributed by atoms with E-state index in [0.29, 0.717) is 43.4 Å². The van der Waals surface area contributed by atoms with Crippen molar-refractivity contribution >= 4 is 40.8 Å². The number of amides is 3. The quantitative estimate of drug-likeness (QED) is 0.458. The summed E-state index contributed by atoms with van der Waals surface area (Å²) < 4.78 is 0. The van der Waals surface area contributed by atoms with Gasteiger partial charge in [-0.15, -0.1) is 0 Å². The fraction of sp³-hybridized carbons (Fsp3) is 0.333. The minimum Gasteiger partial charge on any atom is -0.369 e. The summed E-state index contributed by atoms with van der Waals surface area (Å²) in [5.74, 6) is 0.856. The molecule has 11 heteroatoms. The maximum atomic E-state index is 12.7. The molecule has 2 aromatic carbocycles. The van der Waals surface area contributed by atoms with Crippen molar-refractivity contribution in [2.24, 2.45) is 5.73 Å². The number of hydrogen-bond acceptors (Lipinski definition) is 8. The Morgan fingerprint density at radius 1 is 0.789 bits per heavy atom. The van der Waals surface area contributed by atoms with Crippen LogP contribution in [-0.4, -0.2) is 91.1 Å². The molecule has 0 radical (unpaired) electrons. The fourth-order valence-corrected chi connectivity index (χ4v) is 4.59. The number of piperazine rings is 2. The largest absolute Gasteiger partial charge is 0.369 e. The van der Waals surface area contributed by atoms with Crippen molar-refractivity contribution in [3.63, 3.8) is 0 Å². The van der Waals surface area contributed by atoms with Crippen LogP contribution >= 0.6 is 0 Å².